The summed E-state index contributed by atoms with van der Waals surface area (Å²) in [5.41, 5.74) is 2.70. The van der Waals surface area contributed by atoms with Gasteiger partial charge in [0, 0.05) is 34.2 Å². The van der Waals surface area contributed by atoms with E-state index in [9.17, 15) is 9.59 Å². The summed E-state index contributed by atoms with van der Waals surface area (Å²) in [4.78, 5) is 27.2. The van der Waals surface area contributed by atoms with Gasteiger partial charge in [-0.15, -0.1) is 11.3 Å². The largest absolute Gasteiger partial charge is 0.465 e. The van der Waals surface area contributed by atoms with Crippen molar-refractivity contribution in [1.29, 1.82) is 0 Å². The van der Waals surface area contributed by atoms with Crippen LogP contribution in [0.25, 0.3) is 0 Å². The van der Waals surface area contributed by atoms with Crippen LogP contribution in [0.1, 0.15) is 54.9 Å². The second kappa shape index (κ2) is 7.43. The molecule has 0 bridgehead atoms. The van der Waals surface area contributed by atoms with E-state index in [4.69, 9.17) is 9.15 Å². The Morgan fingerprint density at radius 1 is 1.29 bits per heavy atom. The van der Waals surface area contributed by atoms with Gasteiger partial charge in [-0.05, 0) is 50.8 Å². The van der Waals surface area contributed by atoms with Gasteiger partial charge in [-0.25, -0.2) is 4.79 Å². The van der Waals surface area contributed by atoms with Gasteiger partial charge in [0.25, 0.3) is 0 Å². The molecule has 2 aliphatic rings. The van der Waals surface area contributed by atoms with Crippen LogP contribution >= 0.6 is 11.3 Å². The average molecular weight is 397 g/mol. The van der Waals surface area contributed by atoms with Crippen molar-refractivity contribution in [2.75, 3.05) is 6.61 Å². The standard InChI is InChI=1S/C22H23NO4S/c1-4-26-22(25)19-13(3)23-15-10-14(18-6-5-9-28-18)11-16(24)20(15)21(19)17-8-7-12(2)27-17/h5-9,14,21,23H,4,10-11H2,1-3H3/t14-,21+/m1/s1. The molecule has 146 valence electrons. The SMILES string of the molecule is CCOC(=O)C1=C(C)NC2=C(C(=O)C[C@H](c3cccs3)C2)[C@H]1c1ccc(C)o1. The predicted octanol–water partition coefficient (Wildman–Crippen LogP) is 4.57. The lowest BCUT2D eigenvalue weighted by Crippen LogP contribution is -2.36. The van der Waals surface area contributed by atoms with Gasteiger partial charge in [0.05, 0.1) is 18.1 Å². The van der Waals surface area contributed by atoms with Crippen molar-refractivity contribution in [1.82, 2.24) is 5.32 Å². The molecule has 1 aliphatic heterocycles. The molecule has 4 rings (SSSR count). The molecule has 0 saturated heterocycles. The maximum Gasteiger partial charge on any atom is 0.336 e. The van der Waals surface area contributed by atoms with Crippen LogP contribution in [0.4, 0.5) is 0 Å². The predicted molar refractivity (Wildman–Crippen MR) is 107 cm³/mol. The summed E-state index contributed by atoms with van der Waals surface area (Å²) in [6.07, 6.45) is 1.18. The molecule has 0 spiro atoms. The minimum atomic E-state index is -0.527. The summed E-state index contributed by atoms with van der Waals surface area (Å²) in [6, 6.07) is 7.80. The molecule has 6 heteroatoms. The second-order valence-corrected chi connectivity index (χ2v) is 8.18. The van der Waals surface area contributed by atoms with Crippen LogP contribution in [0.5, 0.6) is 0 Å². The lowest BCUT2D eigenvalue weighted by Gasteiger charge is -2.35. The van der Waals surface area contributed by atoms with Crippen LogP contribution in [-0.4, -0.2) is 18.4 Å². The van der Waals surface area contributed by atoms with Crippen LogP contribution in [0.15, 0.2) is 56.6 Å². The molecule has 0 aromatic carbocycles. The van der Waals surface area contributed by atoms with Gasteiger partial charge in [0.1, 0.15) is 11.5 Å². The molecule has 0 unspecified atom stereocenters. The van der Waals surface area contributed by atoms with Gasteiger partial charge >= 0.3 is 5.97 Å². The molecular weight excluding hydrogens is 374 g/mol. The molecule has 2 aromatic rings. The zero-order valence-electron chi connectivity index (χ0n) is 16.2. The minimum Gasteiger partial charge on any atom is -0.465 e. The van der Waals surface area contributed by atoms with Crippen LogP contribution in [0, 0.1) is 6.92 Å². The van der Waals surface area contributed by atoms with Gasteiger partial charge in [-0.3, -0.25) is 4.79 Å². The Kier molecular flexibility index (Phi) is 4.98. The van der Waals surface area contributed by atoms with Crippen molar-refractivity contribution < 1.29 is 18.7 Å². The molecule has 2 atom stereocenters. The molecule has 3 heterocycles. The Bertz CT molecular complexity index is 980. The van der Waals surface area contributed by atoms with E-state index >= 15 is 0 Å². The Morgan fingerprint density at radius 2 is 2.11 bits per heavy atom. The van der Waals surface area contributed by atoms with E-state index in [2.05, 4.69) is 11.4 Å². The first-order valence-corrected chi connectivity index (χ1v) is 10.4. The molecule has 0 fully saturated rings. The highest BCUT2D eigenvalue weighted by Crippen LogP contribution is 2.46. The third-order valence-electron chi connectivity index (χ3n) is 5.31. The number of rotatable bonds is 4. The number of allylic oxidation sites excluding steroid dienone is 3. The summed E-state index contributed by atoms with van der Waals surface area (Å²) in [5, 5.41) is 5.38. The first kappa shape index (κ1) is 18.7. The number of carbonyl (C=O) groups is 2. The van der Waals surface area contributed by atoms with Gasteiger partial charge in [0.2, 0.25) is 0 Å². The van der Waals surface area contributed by atoms with Crippen molar-refractivity contribution >= 4 is 23.1 Å². The molecular formula is C22H23NO4S. The minimum absolute atomic E-state index is 0.0560. The van der Waals surface area contributed by atoms with Crippen molar-refractivity contribution in [2.45, 2.75) is 45.4 Å². The first-order chi connectivity index (χ1) is 13.5. The van der Waals surface area contributed by atoms with E-state index in [1.54, 1.807) is 18.3 Å². The van der Waals surface area contributed by atoms with Gasteiger partial charge in [-0.2, -0.15) is 0 Å². The number of hydrogen-bond donors (Lipinski definition) is 1. The zero-order valence-corrected chi connectivity index (χ0v) is 17.0. The second-order valence-electron chi connectivity index (χ2n) is 7.20. The molecule has 0 saturated carbocycles. The Morgan fingerprint density at radius 3 is 2.75 bits per heavy atom. The molecule has 5 nitrogen and oxygen atoms in total. The fourth-order valence-electron chi connectivity index (χ4n) is 4.14. The lowest BCUT2D eigenvalue weighted by molar-refractivity contribution is -0.138. The normalized spacial score (nSPS) is 22.2. The van der Waals surface area contributed by atoms with Crippen molar-refractivity contribution in [3.05, 3.63) is 68.6 Å². The first-order valence-electron chi connectivity index (χ1n) is 9.50. The van der Waals surface area contributed by atoms with Crippen molar-refractivity contribution in [3.63, 3.8) is 0 Å². The van der Waals surface area contributed by atoms with Gasteiger partial charge in [-0.1, -0.05) is 6.07 Å². The number of Topliss-reactive ketones (excluding diaryl/α,β-unsaturated/α-hetero) is 1. The smallest absolute Gasteiger partial charge is 0.336 e. The number of nitrogens with one attached hydrogen (secondary N) is 1. The maximum atomic E-state index is 13.2. The number of aryl methyl sites for hydroxylation is 1. The Balaban J connectivity index is 1.80. The summed E-state index contributed by atoms with van der Waals surface area (Å²) in [7, 11) is 0. The number of ether oxygens (including phenoxy) is 1. The van der Waals surface area contributed by atoms with Gasteiger partial charge in [0.15, 0.2) is 5.78 Å². The van der Waals surface area contributed by atoms with E-state index in [1.807, 2.05) is 37.4 Å². The van der Waals surface area contributed by atoms with Crippen molar-refractivity contribution in [2.24, 2.45) is 0 Å². The molecule has 1 aliphatic carbocycles. The van der Waals surface area contributed by atoms with Crippen molar-refractivity contribution in [3.8, 4) is 0 Å². The number of carbonyl (C=O) groups excluding carboxylic acids is 2. The van der Waals surface area contributed by atoms with Gasteiger partial charge < -0.3 is 14.5 Å². The van der Waals surface area contributed by atoms with E-state index in [-0.39, 0.29) is 18.3 Å². The summed E-state index contributed by atoms with van der Waals surface area (Å²) < 4.78 is 11.2. The number of furan rings is 1. The highest BCUT2D eigenvalue weighted by Gasteiger charge is 2.42. The van der Waals surface area contributed by atoms with E-state index in [1.165, 1.54) is 4.88 Å². The van der Waals surface area contributed by atoms with Crippen LogP contribution in [-0.2, 0) is 14.3 Å². The number of hydrogen-bond acceptors (Lipinski definition) is 6. The third-order valence-corrected chi connectivity index (χ3v) is 6.35. The number of thiophene rings is 1. The zero-order chi connectivity index (χ0) is 19.8. The number of dihydropyridines is 1. The fourth-order valence-corrected chi connectivity index (χ4v) is 4.97. The van der Waals surface area contributed by atoms with E-state index < -0.39 is 11.9 Å². The van der Waals surface area contributed by atoms with E-state index in [0.29, 0.717) is 23.3 Å². The average Bonchev–Trinajstić information content (AvgIpc) is 3.32. The molecule has 2 aromatic heterocycles. The number of esters is 1. The number of ketones is 1. The highest BCUT2D eigenvalue weighted by molar-refractivity contribution is 7.10. The molecule has 0 amide bonds. The highest BCUT2D eigenvalue weighted by atomic mass is 32.1. The Hall–Kier alpha value is -2.60. The molecule has 28 heavy (non-hydrogen) atoms. The monoisotopic (exact) mass is 397 g/mol. The molecule has 0 radical (unpaired) electrons. The summed E-state index contributed by atoms with van der Waals surface area (Å²) in [5.74, 6) is 0.635. The quantitative estimate of drug-likeness (QED) is 0.765. The maximum absolute atomic E-state index is 13.2. The fraction of sp³-hybridized carbons (Fsp3) is 0.364. The lowest BCUT2D eigenvalue weighted by atomic mass is 9.74. The third kappa shape index (κ3) is 3.22. The van der Waals surface area contributed by atoms with E-state index in [0.717, 1.165) is 23.6 Å². The van der Waals surface area contributed by atoms with Crippen LogP contribution < -0.4 is 5.32 Å². The summed E-state index contributed by atoms with van der Waals surface area (Å²) >= 11 is 1.68. The molecule has 1 N–H and O–H groups in total. The Labute approximate surface area is 168 Å². The van der Waals surface area contributed by atoms with Crippen LogP contribution in [0.3, 0.4) is 0 Å². The summed E-state index contributed by atoms with van der Waals surface area (Å²) in [6.45, 7) is 5.77. The topological polar surface area (TPSA) is 68.5 Å². The van der Waals surface area contributed by atoms with Crippen LogP contribution in [0.2, 0.25) is 0 Å².